The van der Waals surface area contributed by atoms with E-state index in [2.05, 4.69) is 23.1 Å². The van der Waals surface area contributed by atoms with Gasteiger partial charge in [0.25, 0.3) is 0 Å². The third-order valence-electron chi connectivity index (χ3n) is 5.00. The second-order valence-corrected chi connectivity index (χ2v) is 6.68. The molecule has 2 fully saturated rings. The van der Waals surface area contributed by atoms with Gasteiger partial charge in [-0.3, -0.25) is 0 Å². The van der Waals surface area contributed by atoms with Crippen LogP contribution in [-0.2, 0) is 6.42 Å². The molecule has 1 atom stereocenters. The molecule has 1 saturated heterocycles. The Kier molecular flexibility index (Phi) is 4.52. The number of hydrogen-bond acceptors (Lipinski definition) is 2. The summed E-state index contributed by atoms with van der Waals surface area (Å²) in [6.07, 6.45) is 9.20. The molecule has 20 heavy (non-hydrogen) atoms. The lowest BCUT2D eigenvalue weighted by Crippen LogP contribution is -2.34. The van der Waals surface area contributed by atoms with Gasteiger partial charge >= 0.3 is 0 Å². The van der Waals surface area contributed by atoms with Crippen LogP contribution in [0.4, 0.5) is 5.69 Å². The predicted molar refractivity (Wildman–Crippen MR) is 86.5 cm³/mol. The first-order valence-electron chi connectivity index (χ1n) is 8.04. The molecule has 1 aliphatic heterocycles. The number of anilines is 1. The van der Waals surface area contributed by atoms with Gasteiger partial charge in [-0.1, -0.05) is 30.5 Å². The molecule has 1 aromatic rings. The zero-order valence-electron chi connectivity index (χ0n) is 12.2. The third-order valence-corrected chi connectivity index (χ3v) is 5.30. The second-order valence-electron chi connectivity index (χ2n) is 6.27. The fraction of sp³-hybridized carbons (Fsp3) is 0.647. The monoisotopic (exact) mass is 292 g/mol. The van der Waals surface area contributed by atoms with Crippen LogP contribution in [0.5, 0.6) is 0 Å². The van der Waals surface area contributed by atoms with E-state index in [1.807, 2.05) is 0 Å². The largest absolute Gasteiger partial charge is 0.367 e. The van der Waals surface area contributed by atoms with E-state index in [1.165, 1.54) is 49.8 Å². The molecule has 110 valence electrons. The predicted octanol–water partition coefficient (Wildman–Crippen LogP) is 4.00. The summed E-state index contributed by atoms with van der Waals surface area (Å²) in [4.78, 5) is 2.57. The van der Waals surface area contributed by atoms with Crippen molar-refractivity contribution in [2.45, 2.75) is 51.0 Å². The van der Waals surface area contributed by atoms with Gasteiger partial charge in [-0.05, 0) is 62.3 Å². The number of rotatable bonds is 4. The van der Waals surface area contributed by atoms with Crippen molar-refractivity contribution in [3.8, 4) is 0 Å². The lowest BCUT2D eigenvalue weighted by atomic mass is 9.95. The van der Waals surface area contributed by atoms with Gasteiger partial charge in [-0.15, -0.1) is 0 Å². The van der Waals surface area contributed by atoms with Crippen LogP contribution >= 0.6 is 11.6 Å². The van der Waals surface area contributed by atoms with Crippen molar-refractivity contribution in [3.63, 3.8) is 0 Å². The summed E-state index contributed by atoms with van der Waals surface area (Å²) in [6, 6.07) is 7.22. The quantitative estimate of drug-likeness (QED) is 0.909. The summed E-state index contributed by atoms with van der Waals surface area (Å²) in [5.41, 5.74) is 8.11. The number of halogens is 1. The normalized spacial score (nSPS) is 23.7. The molecule has 0 spiro atoms. The van der Waals surface area contributed by atoms with Crippen LogP contribution in [0.1, 0.15) is 44.1 Å². The summed E-state index contributed by atoms with van der Waals surface area (Å²) in [5, 5.41) is 0.904. The van der Waals surface area contributed by atoms with Gasteiger partial charge in [0.1, 0.15) is 0 Å². The standard InChI is InChI=1S/C17H25ClN2/c18-15-12-13(9-10-19)7-8-17(15)20-11-3-6-16(20)14-4-1-2-5-14/h7-8,12,14,16H,1-6,9-11,19H2. The highest BCUT2D eigenvalue weighted by Crippen LogP contribution is 2.40. The molecular weight excluding hydrogens is 268 g/mol. The van der Waals surface area contributed by atoms with Gasteiger partial charge in [0.2, 0.25) is 0 Å². The maximum absolute atomic E-state index is 6.53. The van der Waals surface area contributed by atoms with Crippen LogP contribution in [0.2, 0.25) is 5.02 Å². The SMILES string of the molecule is NCCc1ccc(N2CCCC2C2CCCC2)c(Cl)c1. The topological polar surface area (TPSA) is 29.3 Å². The molecule has 1 unspecified atom stereocenters. The maximum atomic E-state index is 6.53. The van der Waals surface area contributed by atoms with Crippen molar-refractivity contribution in [3.05, 3.63) is 28.8 Å². The van der Waals surface area contributed by atoms with Crippen LogP contribution in [0, 0.1) is 5.92 Å². The van der Waals surface area contributed by atoms with E-state index in [1.54, 1.807) is 0 Å². The number of nitrogens with two attached hydrogens (primary N) is 1. The smallest absolute Gasteiger partial charge is 0.0642 e. The van der Waals surface area contributed by atoms with Crippen LogP contribution in [0.15, 0.2) is 18.2 Å². The molecule has 2 nitrogen and oxygen atoms in total. The van der Waals surface area contributed by atoms with E-state index in [4.69, 9.17) is 17.3 Å². The van der Waals surface area contributed by atoms with Crippen molar-refractivity contribution >= 4 is 17.3 Å². The molecule has 1 aliphatic carbocycles. The van der Waals surface area contributed by atoms with Gasteiger partial charge < -0.3 is 10.6 Å². The molecule has 0 bridgehead atoms. The van der Waals surface area contributed by atoms with Crippen molar-refractivity contribution in [2.24, 2.45) is 11.7 Å². The minimum absolute atomic E-state index is 0.685. The lowest BCUT2D eigenvalue weighted by Gasteiger charge is -2.32. The summed E-state index contributed by atoms with van der Waals surface area (Å²) in [5.74, 6) is 0.886. The molecule has 3 rings (SSSR count). The molecule has 2 N–H and O–H groups in total. The molecule has 0 aromatic heterocycles. The molecule has 0 radical (unpaired) electrons. The summed E-state index contributed by atoms with van der Waals surface area (Å²) in [6.45, 7) is 1.85. The zero-order chi connectivity index (χ0) is 13.9. The van der Waals surface area contributed by atoms with Gasteiger partial charge in [-0.25, -0.2) is 0 Å². The minimum Gasteiger partial charge on any atom is -0.367 e. The first-order valence-corrected chi connectivity index (χ1v) is 8.42. The van der Waals surface area contributed by atoms with Crippen molar-refractivity contribution in [1.29, 1.82) is 0 Å². The van der Waals surface area contributed by atoms with Crippen LogP contribution in [0.25, 0.3) is 0 Å². The Bertz CT molecular complexity index is 454. The first-order chi connectivity index (χ1) is 9.79. The van der Waals surface area contributed by atoms with E-state index < -0.39 is 0 Å². The average Bonchev–Trinajstić information content (AvgIpc) is 3.10. The van der Waals surface area contributed by atoms with E-state index in [0.717, 1.165) is 29.9 Å². The number of nitrogens with zero attached hydrogens (tertiary/aromatic N) is 1. The van der Waals surface area contributed by atoms with E-state index >= 15 is 0 Å². The summed E-state index contributed by atoms with van der Waals surface area (Å²) in [7, 11) is 0. The fourth-order valence-corrected chi connectivity index (χ4v) is 4.34. The van der Waals surface area contributed by atoms with E-state index in [9.17, 15) is 0 Å². The Hall–Kier alpha value is -0.730. The van der Waals surface area contributed by atoms with Gasteiger partial charge in [0.15, 0.2) is 0 Å². The zero-order valence-corrected chi connectivity index (χ0v) is 12.9. The molecule has 1 aromatic carbocycles. The Morgan fingerprint density at radius 2 is 1.95 bits per heavy atom. The van der Waals surface area contributed by atoms with Gasteiger partial charge in [0, 0.05) is 12.6 Å². The Labute approximate surface area is 127 Å². The van der Waals surface area contributed by atoms with Crippen molar-refractivity contribution in [2.75, 3.05) is 18.0 Å². The number of benzene rings is 1. The van der Waals surface area contributed by atoms with Crippen LogP contribution in [0.3, 0.4) is 0 Å². The Morgan fingerprint density at radius 1 is 1.15 bits per heavy atom. The molecule has 2 aliphatic rings. The van der Waals surface area contributed by atoms with E-state index in [0.29, 0.717) is 6.54 Å². The molecule has 0 amide bonds. The first kappa shape index (κ1) is 14.2. The second kappa shape index (κ2) is 6.36. The van der Waals surface area contributed by atoms with Crippen molar-refractivity contribution in [1.82, 2.24) is 0 Å². The fourth-order valence-electron chi connectivity index (χ4n) is 4.03. The molecule has 1 heterocycles. The number of hydrogen-bond donors (Lipinski definition) is 1. The molecule has 3 heteroatoms. The third kappa shape index (κ3) is 2.82. The maximum Gasteiger partial charge on any atom is 0.0642 e. The highest BCUT2D eigenvalue weighted by molar-refractivity contribution is 6.33. The minimum atomic E-state index is 0.685. The Morgan fingerprint density at radius 3 is 2.65 bits per heavy atom. The van der Waals surface area contributed by atoms with Gasteiger partial charge in [-0.2, -0.15) is 0 Å². The molecular formula is C17H25ClN2. The highest BCUT2D eigenvalue weighted by atomic mass is 35.5. The van der Waals surface area contributed by atoms with Gasteiger partial charge in [0.05, 0.1) is 10.7 Å². The lowest BCUT2D eigenvalue weighted by molar-refractivity contribution is 0.431. The van der Waals surface area contributed by atoms with E-state index in [-0.39, 0.29) is 0 Å². The average molecular weight is 293 g/mol. The Balaban J connectivity index is 1.80. The summed E-state index contributed by atoms with van der Waals surface area (Å²) < 4.78 is 0. The molecule has 1 saturated carbocycles. The van der Waals surface area contributed by atoms with Crippen LogP contribution < -0.4 is 10.6 Å². The summed E-state index contributed by atoms with van der Waals surface area (Å²) >= 11 is 6.53. The van der Waals surface area contributed by atoms with Crippen molar-refractivity contribution < 1.29 is 0 Å². The van der Waals surface area contributed by atoms with Crippen LogP contribution in [-0.4, -0.2) is 19.1 Å². The highest BCUT2D eigenvalue weighted by Gasteiger charge is 2.34.